The largest absolute Gasteiger partial charge is 0.443 e. The number of ether oxygens (including phenoxy) is 1. The molecule has 1 saturated heterocycles. The molecule has 1 amide bonds. The van der Waals surface area contributed by atoms with E-state index in [-0.39, 0.29) is 11.7 Å². The summed E-state index contributed by atoms with van der Waals surface area (Å²) < 4.78 is 6.87. The molecule has 0 aliphatic carbocycles. The topological polar surface area (TPSA) is 29.5 Å². The molecule has 1 rings (SSSR count). The van der Waals surface area contributed by atoms with Crippen LogP contribution >= 0.6 is 11.9 Å². The Balaban J connectivity index is 2.37. The molecule has 1 aliphatic rings. The van der Waals surface area contributed by atoms with Gasteiger partial charge in [0.25, 0.3) is 0 Å². The minimum Gasteiger partial charge on any atom is -0.443 e. The molecule has 70 valence electrons. The fourth-order valence-corrected chi connectivity index (χ4v) is 1.78. The summed E-state index contributed by atoms with van der Waals surface area (Å²) in [5.74, 6) is 1.03. The number of carbonyl (C=O) groups is 1. The summed E-state index contributed by atoms with van der Waals surface area (Å²) in [5.41, 5.74) is -0.375. The van der Waals surface area contributed by atoms with Crippen molar-refractivity contribution in [2.24, 2.45) is 0 Å². The SMILES string of the molecule is CC(C)(C)OC(=O)N1CCCS1. The number of nitrogens with zero attached hydrogens (tertiary/aromatic N) is 1. The van der Waals surface area contributed by atoms with Crippen molar-refractivity contribution in [3.05, 3.63) is 0 Å². The molecule has 1 fully saturated rings. The van der Waals surface area contributed by atoms with Gasteiger partial charge in [0.2, 0.25) is 0 Å². The second-order valence-electron chi connectivity index (χ2n) is 3.77. The lowest BCUT2D eigenvalue weighted by molar-refractivity contribution is 0.0413. The molecule has 0 spiro atoms. The lowest BCUT2D eigenvalue weighted by atomic mass is 10.2. The van der Waals surface area contributed by atoms with Crippen molar-refractivity contribution in [1.82, 2.24) is 4.31 Å². The highest BCUT2D eigenvalue weighted by molar-refractivity contribution is 7.97. The van der Waals surface area contributed by atoms with Gasteiger partial charge >= 0.3 is 6.09 Å². The van der Waals surface area contributed by atoms with Crippen molar-refractivity contribution < 1.29 is 9.53 Å². The third kappa shape index (κ3) is 2.93. The van der Waals surface area contributed by atoms with Gasteiger partial charge in [0.1, 0.15) is 5.60 Å². The lowest BCUT2D eigenvalue weighted by Gasteiger charge is -2.23. The van der Waals surface area contributed by atoms with Crippen molar-refractivity contribution in [1.29, 1.82) is 0 Å². The Morgan fingerprint density at radius 1 is 1.50 bits per heavy atom. The zero-order chi connectivity index (χ0) is 9.19. The minimum absolute atomic E-state index is 0.204. The van der Waals surface area contributed by atoms with Gasteiger partial charge in [0.15, 0.2) is 0 Å². The Morgan fingerprint density at radius 2 is 2.17 bits per heavy atom. The van der Waals surface area contributed by atoms with Crippen LogP contribution in [0.2, 0.25) is 0 Å². The lowest BCUT2D eigenvalue weighted by Crippen LogP contribution is -2.31. The molecule has 0 aromatic heterocycles. The molecule has 0 aromatic rings. The summed E-state index contributed by atoms with van der Waals surface area (Å²) >= 11 is 1.55. The Morgan fingerprint density at radius 3 is 2.58 bits per heavy atom. The standard InChI is InChI=1S/C8H15NO2S/c1-8(2,3)11-7(10)9-5-4-6-12-9/h4-6H2,1-3H3. The van der Waals surface area contributed by atoms with Crippen LogP contribution in [-0.4, -0.2) is 28.3 Å². The zero-order valence-electron chi connectivity index (χ0n) is 7.79. The van der Waals surface area contributed by atoms with Crippen LogP contribution in [0.5, 0.6) is 0 Å². The van der Waals surface area contributed by atoms with Gasteiger partial charge < -0.3 is 4.74 Å². The van der Waals surface area contributed by atoms with Gasteiger partial charge in [0, 0.05) is 12.3 Å². The maximum absolute atomic E-state index is 11.3. The van der Waals surface area contributed by atoms with E-state index < -0.39 is 0 Å². The number of amides is 1. The van der Waals surface area contributed by atoms with Gasteiger partial charge in [0.05, 0.1) is 0 Å². The number of carbonyl (C=O) groups excluding carboxylic acids is 1. The molecule has 1 aliphatic heterocycles. The molecule has 0 atom stereocenters. The summed E-state index contributed by atoms with van der Waals surface area (Å²) in [5, 5.41) is 0. The molecule has 0 N–H and O–H groups in total. The number of hydrogen-bond donors (Lipinski definition) is 0. The third-order valence-corrected chi connectivity index (χ3v) is 2.46. The Labute approximate surface area is 77.6 Å². The average Bonchev–Trinajstić information content (AvgIpc) is 2.32. The average molecular weight is 189 g/mol. The first-order valence-corrected chi connectivity index (χ1v) is 5.07. The van der Waals surface area contributed by atoms with Gasteiger partial charge in [-0.1, -0.05) is 0 Å². The molecular formula is C8H15NO2S. The molecule has 0 radical (unpaired) electrons. The highest BCUT2D eigenvalue weighted by Gasteiger charge is 2.24. The molecule has 0 unspecified atom stereocenters. The van der Waals surface area contributed by atoms with Gasteiger partial charge in [-0.2, -0.15) is 0 Å². The summed E-state index contributed by atoms with van der Waals surface area (Å²) in [6.07, 6.45) is 0.870. The third-order valence-electron chi connectivity index (χ3n) is 1.35. The Bertz CT molecular complexity index is 170. The highest BCUT2D eigenvalue weighted by Crippen LogP contribution is 2.22. The summed E-state index contributed by atoms with van der Waals surface area (Å²) in [7, 11) is 0. The predicted molar refractivity (Wildman–Crippen MR) is 50.0 cm³/mol. The smallest absolute Gasteiger partial charge is 0.420 e. The van der Waals surface area contributed by atoms with Crippen molar-refractivity contribution in [2.45, 2.75) is 32.8 Å². The van der Waals surface area contributed by atoms with Gasteiger partial charge in [-0.3, -0.25) is 4.31 Å². The van der Waals surface area contributed by atoms with Crippen molar-refractivity contribution in [2.75, 3.05) is 12.3 Å². The van der Waals surface area contributed by atoms with E-state index in [1.54, 1.807) is 16.3 Å². The van der Waals surface area contributed by atoms with Crippen molar-refractivity contribution in [3.63, 3.8) is 0 Å². The molecule has 4 heteroatoms. The fourth-order valence-electron chi connectivity index (χ4n) is 0.904. The molecular weight excluding hydrogens is 174 g/mol. The van der Waals surface area contributed by atoms with Crippen LogP contribution in [0.3, 0.4) is 0 Å². The molecule has 0 aromatic carbocycles. The Hall–Kier alpha value is -0.380. The van der Waals surface area contributed by atoms with Crippen LogP contribution < -0.4 is 0 Å². The maximum Gasteiger partial charge on any atom is 0.420 e. The van der Waals surface area contributed by atoms with Crippen LogP contribution in [0.25, 0.3) is 0 Å². The van der Waals surface area contributed by atoms with Crippen molar-refractivity contribution >= 4 is 18.0 Å². The van der Waals surface area contributed by atoms with Crippen molar-refractivity contribution in [3.8, 4) is 0 Å². The Kier molecular flexibility index (Phi) is 2.88. The predicted octanol–water partition coefficient (Wildman–Crippen LogP) is 2.28. The monoisotopic (exact) mass is 189 g/mol. The van der Waals surface area contributed by atoms with Gasteiger partial charge in [-0.25, -0.2) is 4.79 Å². The van der Waals surface area contributed by atoms with E-state index >= 15 is 0 Å². The first kappa shape index (κ1) is 9.71. The molecule has 1 heterocycles. The van der Waals surface area contributed by atoms with Gasteiger partial charge in [-0.05, 0) is 39.1 Å². The van der Waals surface area contributed by atoms with Crippen LogP contribution in [-0.2, 0) is 4.74 Å². The summed E-state index contributed by atoms with van der Waals surface area (Å²) in [6, 6.07) is 0. The first-order valence-electron chi connectivity index (χ1n) is 4.12. The number of hydrogen-bond acceptors (Lipinski definition) is 3. The first-order chi connectivity index (χ1) is 5.49. The zero-order valence-corrected chi connectivity index (χ0v) is 8.61. The van der Waals surface area contributed by atoms with Crippen LogP contribution in [0.4, 0.5) is 4.79 Å². The quantitative estimate of drug-likeness (QED) is 0.547. The van der Waals surface area contributed by atoms with E-state index in [0.29, 0.717) is 0 Å². The summed E-state index contributed by atoms with van der Waals surface area (Å²) in [6.45, 7) is 6.46. The minimum atomic E-state index is -0.375. The van der Waals surface area contributed by atoms with Crippen LogP contribution in [0.1, 0.15) is 27.2 Å². The second kappa shape index (κ2) is 3.56. The molecule has 0 saturated carbocycles. The molecule has 0 bridgehead atoms. The van der Waals surface area contributed by atoms with E-state index in [9.17, 15) is 4.79 Å². The normalized spacial score (nSPS) is 18.1. The molecule has 3 nitrogen and oxygen atoms in total. The molecule has 12 heavy (non-hydrogen) atoms. The fraction of sp³-hybridized carbons (Fsp3) is 0.875. The maximum atomic E-state index is 11.3. The highest BCUT2D eigenvalue weighted by atomic mass is 32.2. The van der Waals surface area contributed by atoms with E-state index in [2.05, 4.69) is 0 Å². The number of rotatable bonds is 0. The van der Waals surface area contributed by atoms with Crippen LogP contribution in [0, 0.1) is 0 Å². The van der Waals surface area contributed by atoms with E-state index in [1.807, 2.05) is 20.8 Å². The van der Waals surface area contributed by atoms with Gasteiger partial charge in [-0.15, -0.1) is 0 Å². The van der Waals surface area contributed by atoms with E-state index in [0.717, 1.165) is 18.7 Å². The van der Waals surface area contributed by atoms with Crippen LogP contribution in [0.15, 0.2) is 0 Å². The summed E-state index contributed by atoms with van der Waals surface area (Å²) in [4.78, 5) is 11.3. The van der Waals surface area contributed by atoms with E-state index in [1.165, 1.54) is 0 Å². The van der Waals surface area contributed by atoms with E-state index in [4.69, 9.17) is 4.74 Å². The second-order valence-corrected chi connectivity index (χ2v) is 4.88.